The Hall–Kier alpha value is -2.75. The Morgan fingerprint density at radius 3 is 2.56 bits per heavy atom. The summed E-state index contributed by atoms with van der Waals surface area (Å²) in [5, 5.41) is 11.4. The lowest BCUT2D eigenvalue weighted by atomic mass is 10.1. The standard InChI is InChI=1S/C20H13ClN2O3S/c21-15-3-1-12(2-4-15)17(24)11-27-20-14(10-22)7-13-8-18-19(9-16(13)23-20)26-6-5-25-18/h1-4,7-9H,5-6,11H2. The smallest absolute Gasteiger partial charge is 0.173 e. The fourth-order valence-electron chi connectivity index (χ4n) is 2.74. The molecule has 0 unspecified atom stereocenters. The van der Waals surface area contributed by atoms with E-state index in [1.165, 1.54) is 11.8 Å². The van der Waals surface area contributed by atoms with Gasteiger partial charge in [0.15, 0.2) is 17.3 Å². The van der Waals surface area contributed by atoms with Gasteiger partial charge in [0.25, 0.3) is 0 Å². The fraction of sp³-hybridized carbons (Fsp3) is 0.150. The third-order valence-electron chi connectivity index (χ3n) is 4.07. The molecule has 0 bridgehead atoms. The van der Waals surface area contributed by atoms with E-state index in [0.29, 0.717) is 51.4 Å². The van der Waals surface area contributed by atoms with Crippen molar-refractivity contribution in [3.63, 3.8) is 0 Å². The van der Waals surface area contributed by atoms with Crippen molar-refractivity contribution in [1.82, 2.24) is 4.98 Å². The molecule has 0 aliphatic carbocycles. The van der Waals surface area contributed by atoms with Crippen LogP contribution in [0.4, 0.5) is 0 Å². The number of nitrogens with zero attached hydrogens (tertiary/aromatic N) is 2. The van der Waals surface area contributed by atoms with Crippen LogP contribution in [-0.2, 0) is 0 Å². The maximum Gasteiger partial charge on any atom is 0.173 e. The summed E-state index contributed by atoms with van der Waals surface area (Å²) in [6.45, 7) is 0.990. The van der Waals surface area contributed by atoms with Gasteiger partial charge in [0.2, 0.25) is 0 Å². The summed E-state index contributed by atoms with van der Waals surface area (Å²) >= 11 is 7.10. The van der Waals surface area contributed by atoms with E-state index in [-0.39, 0.29) is 11.5 Å². The Balaban J connectivity index is 1.61. The summed E-state index contributed by atoms with van der Waals surface area (Å²) in [6, 6.07) is 14.3. The summed E-state index contributed by atoms with van der Waals surface area (Å²) in [4.78, 5) is 16.9. The summed E-state index contributed by atoms with van der Waals surface area (Å²) in [6.07, 6.45) is 0. The van der Waals surface area contributed by atoms with E-state index in [1.54, 1.807) is 36.4 Å². The number of nitriles is 1. The van der Waals surface area contributed by atoms with Crippen LogP contribution >= 0.6 is 23.4 Å². The number of hydrogen-bond donors (Lipinski definition) is 0. The van der Waals surface area contributed by atoms with Crippen LogP contribution in [-0.4, -0.2) is 29.7 Å². The molecule has 0 spiro atoms. The molecule has 7 heteroatoms. The number of ketones is 1. The molecular weight excluding hydrogens is 384 g/mol. The minimum Gasteiger partial charge on any atom is -0.486 e. The monoisotopic (exact) mass is 396 g/mol. The molecule has 0 saturated carbocycles. The van der Waals surface area contributed by atoms with Gasteiger partial charge in [-0.2, -0.15) is 5.26 Å². The molecule has 0 saturated heterocycles. The first-order valence-electron chi connectivity index (χ1n) is 8.20. The number of hydrogen-bond acceptors (Lipinski definition) is 6. The first kappa shape index (κ1) is 17.7. The van der Waals surface area contributed by atoms with E-state index < -0.39 is 0 Å². The zero-order valence-corrected chi connectivity index (χ0v) is 15.6. The molecule has 0 N–H and O–H groups in total. The highest BCUT2D eigenvalue weighted by Gasteiger charge is 2.16. The molecule has 5 nitrogen and oxygen atoms in total. The van der Waals surface area contributed by atoms with Gasteiger partial charge in [0, 0.05) is 22.0 Å². The summed E-state index contributed by atoms with van der Waals surface area (Å²) in [7, 11) is 0. The van der Waals surface area contributed by atoms with Crippen molar-refractivity contribution in [3.05, 3.63) is 58.6 Å². The number of fused-ring (bicyclic) bond motifs is 2. The van der Waals surface area contributed by atoms with Crippen LogP contribution in [0.15, 0.2) is 47.5 Å². The van der Waals surface area contributed by atoms with Crippen LogP contribution in [0, 0.1) is 11.3 Å². The average Bonchev–Trinajstić information content (AvgIpc) is 2.70. The summed E-state index contributed by atoms with van der Waals surface area (Å²) < 4.78 is 11.2. The molecule has 1 aromatic heterocycles. The number of ether oxygens (including phenoxy) is 2. The molecule has 27 heavy (non-hydrogen) atoms. The minimum atomic E-state index is -0.0513. The minimum absolute atomic E-state index is 0.0513. The topological polar surface area (TPSA) is 72.2 Å². The molecule has 4 rings (SSSR count). The number of halogens is 1. The molecule has 0 radical (unpaired) electrons. The Kier molecular flexibility index (Phi) is 4.88. The van der Waals surface area contributed by atoms with Crippen molar-refractivity contribution >= 4 is 40.0 Å². The van der Waals surface area contributed by atoms with Gasteiger partial charge in [-0.05, 0) is 36.4 Å². The molecule has 134 valence electrons. The number of carbonyl (C=O) groups is 1. The number of carbonyl (C=O) groups excluding carboxylic acids is 1. The van der Waals surface area contributed by atoms with Gasteiger partial charge >= 0.3 is 0 Å². The Morgan fingerprint density at radius 2 is 1.85 bits per heavy atom. The molecule has 1 aliphatic heterocycles. The summed E-state index contributed by atoms with van der Waals surface area (Å²) in [5.74, 6) is 1.42. The van der Waals surface area contributed by atoms with Crippen molar-refractivity contribution in [1.29, 1.82) is 5.26 Å². The number of rotatable bonds is 4. The van der Waals surface area contributed by atoms with Gasteiger partial charge in [0.05, 0.1) is 16.8 Å². The Labute approximate surface area is 164 Å². The van der Waals surface area contributed by atoms with E-state index in [9.17, 15) is 10.1 Å². The largest absolute Gasteiger partial charge is 0.486 e. The van der Waals surface area contributed by atoms with Crippen LogP contribution in [0.5, 0.6) is 11.5 Å². The van der Waals surface area contributed by atoms with Crippen molar-refractivity contribution < 1.29 is 14.3 Å². The van der Waals surface area contributed by atoms with Gasteiger partial charge in [-0.15, -0.1) is 0 Å². The van der Waals surface area contributed by atoms with E-state index in [1.807, 2.05) is 6.07 Å². The van der Waals surface area contributed by atoms with Crippen LogP contribution < -0.4 is 9.47 Å². The second kappa shape index (κ2) is 7.47. The SMILES string of the molecule is N#Cc1cc2cc3c(cc2nc1SCC(=O)c1ccc(Cl)cc1)OCCO3. The maximum atomic E-state index is 12.4. The first-order valence-corrected chi connectivity index (χ1v) is 9.56. The van der Waals surface area contributed by atoms with Gasteiger partial charge in [-0.1, -0.05) is 23.4 Å². The maximum absolute atomic E-state index is 12.4. The second-order valence-electron chi connectivity index (χ2n) is 5.86. The number of thioether (sulfide) groups is 1. The molecule has 0 amide bonds. The number of aromatic nitrogens is 1. The molecule has 0 fully saturated rings. The molecule has 0 atom stereocenters. The number of Topliss-reactive ketones (excluding diaryl/α,β-unsaturated/α-hetero) is 1. The molecule has 1 aliphatic rings. The zero-order chi connectivity index (χ0) is 18.8. The van der Waals surface area contributed by atoms with E-state index >= 15 is 0 Å². The zero-order valence-electron chi connectivity index (χ0n) is 14.1. The van der Waals surface area contributed by atoms with Crippen molar-refractivity contribution in [2.45, 2.75) is 5.03 Å². The van der Waals surface area contributed by atoms with E-state index in [4.69, 9.17) is 21.1 Å². The van der Waals surface area contributed by atoms with Gasteiger partial charge in [0.1, 0.15) is 24.3 Å². The van der Waals surface area contributed by atoms with E-state index in [2.05, 4.69) is 11.1 Å². The third-order valence-corrected chi connectivity index (χ3v) is 5.31. The van der Waals surface area contributed by atoms with E-state index in [0.717, 1.165) is 5.39 Å². The molecule has 3 aromatic rings. The normalized spacial score (nSPS) is 12.6. The predicted octanol–water partition coefficient (Wildman–Crippen LogP) is 4.51. The predicted molar refractivity (Wildman–Crippen MR) is 104 cm³/mol. The average molecular weight is 397 g/mol. The highest BCUT2D eigenvalue weighted by atomic mass is 35.5. The van der Waals surface area contributed by atoms with Crippen LogP contribution in [0.1, 0.15) is 15.9 Å². The number of pyridine rings is 1. The summed E-state index contributed by atoms with van der Waals surface area (Å²) in [5.41, 5.74) is 1.69. The fourth-order valence-corrected chi connectivity index (χ4v) is 3.72. The first-order chi connectivity index (χ1) is 13.1. The molecule has 2 heterocycles. The highest BCUT2D eigenvalue weighted by molar-refractivity contribution is 8.00. The third kappa shape index (κ3) is 3.70. The Morgan fingerprint density at radius 1 is 1.15 bits per heavy atom. The lowest BCUT2D eigenvalue weighted by Gasteiger charge is -2.18. The Bertz CT molecular complexity index is 1080. The highest BCUT2D eigenvalue weighted by Crippen LogP contribution is 2.35. The van der Waals surface area contributed by atoms with Crippen molar-refractivity contribution in [3.8, 4) is 17.6 Å². The van der Waals surface area contributed by atoms with Gasteiger partial charge in [-0.25, -0.2) is 4.98 Å². The van der Waals surface area contributed by atoms with Gasteiger partial charge in [-0.3, -0.25) is 4.79 Å². The van der Waals surface area contributed by atoms with Crippen molar-refractivity contribution in [2.75, 3.05) is 19.0 Å². The number of benzene rings is 2. The lowest BCUT2D eigenvalue weighted by molar-refractivity contribution is 0.102. The molecular formula is C20H13ClN2O3S. The van der Waals surface area contributed by atoms with Crippen molar-refractivity contribution in [2.24, 2.45) is 0 Å². The van der Waals surface area contributed by atoms with Gasteiger partial charge < -0.3 is 9.47 Å². The quantitative estimate of drug-likeness (QED) is 0.477. The van der Waals surface area contributed by atoms with Crippen LogP contribution in [0.25, 0.3) is 10.9 Å². The van der Waals surface area contributed by atoms with Crippen LogP contribution in [0.3, 0.4) is 0 Å². The van der Waals surface area contributed by atoms with Crippen LogP contribution in [0.2, 0.25) is 5.02 Å². The lowest BCUT2D eigenvalue weighted by Crippen LogP contribution is -2.15. The second-order valence-corrected chi connectivity index (χ2v) is 7.26. The molecule has 2 aromatic carbocycles.